The molecule has 144 valence electrons. The summed E-state index contributed by atoms with van der Waals surface area (Å²) < 4.78 is 80.5. The van der Waals surface area contributed by atoms with E-state index in [4.69, 9.17) is 0 Å². The monoisotopic (exact) mass is 405 g/mol. The minimum Gasteiger partial charge on any atom is -0.196 e. The summed E-state index contributed by atoms with van der Waals surface area (Å²) in [5, 5.41) is 0.740. The Hall–Kier alpha value is -2.36. The predicted octanol–water partition coefficient (Wildman–Crippen LogP) is 4.82. The van der Waals surface area contributed by atoms with Crippen molar-refractivity contribution in [1.82, 2.24) is 4.57 Å². The van der Waals surface area contributed by atoms with Crippen LogP contribution in [0.15, 0.2) is 30.3 Å². The molecule has 1 aromatic carbocycles. The average molecular weight is 405 g/mol. The van der Waals surface area contributed by atoms with E-state index >= 15 is 0 Å². The van der Waals surface area contributed by atoms with Crippen LogP contribution in [-0.2, 0) is 12.4 Å². The predicted molar refractivity (Wildman–Crippen MR) is 89.7 cm³/mol. The van der Waals surface area contributed by atoms with E-state index < -0.39 is 43.3 Å². The van der Waals surface area contributed by atoms with Crippen molar-refractivity contribution in [2.45, 2.75) is 32.0 Å². The van der Waals surface area contributed by atoms with Gasteiger partial charge in [-0.3, -0.25) is 0 Å². The van der Waals surface area contributed by atoms with Crippen molar-refractivity contribution in [2.75, 3.05) is 0 Å². The molecule has 27 heavy (non-hydrogen) atoms. The van der Waals surface area contributed by atoms with Crippen molar-refractivity contribution < 1.29 is 35.7 Å². The Morgan fingerprint density at radius 2 is 1.41 bits per heavy atom. The van der Waals surface area contributed by atoms with E-state index in [-0.39, 0.29) is 6.07 Å². The van der Waals surface area contributed by atoms with E-state index in [1.165, 1.54) is 10.8 Å². The van der Waals surface area contributed by atoms with Crippen LogP contribution in [0.5, 0.6) is 0 Å². The van der Waals surface area contributed by atoms with Gasteiger partial charge in [0.2, 0.25) is 0 Å². The number of carbonyl (C=O) groups is 1. The summed E-state index contributed by atoms with van der Waals surface area (Å²) in [4.78, 5) is 12.8. The van der Waals surface area contributed by atoms with Crippen LogP contribution in [-0.4, -0.2) is 29.5 Å². The molecular formula is C17H15F6N2OSi+. The Morgan fingerprint density at radius 3 is 1.85 bits per heavy atom. The third-order valence-corrected chi connectivity index (χ3v) is 6.12. The average Bonchev–Trinajstić information content (AvgIpc) is 3.05. The fourth-order valence-corrected chi connectivity index (χ4v) is 4.39. The van der Waals surface area contributed by atoms with Gasteiger partial charge in [-0.2, -0.15) is 40.3 Å². The number of hydrogen-bond acceptors (Lipinski definition) is 1. The van der Waals surface area contributed by atoms with Gasteiger partial charge in [-0.05, 0) is 30.3 Å². The van der Waals surface area contributed by atoms with Crippen LogP contribution in [0, 0.1) is 0 Å². The van der Waals surface area contributed by atoms with Gasteiger partial charge in [0, 0.05) is 0 Å². The summed E-state index contributed by atoms with van der Waals surface area (Å²) in [5.74, 6) is 0. The van der Waals surface area contributed by atoms with Crippen LogP contribution < -0.4 is 5.32 Å². The van der Waals surface area contributed by atoms with Gasteiger partial charge in [0.05, 0.1) is 16.4 Å². The van der Waals surface area contributed by atoms with Gasteiger partial charge >= 0.3 is 18.4 Å². The maximum Gasteiger partial charge on any atom is 0.508 e. The van der Waals surface area contributed by atoms with Crippen molar-refractivity contribution in [1.29, 1.82) is 0 Å². The van der Waals surface area contributed by atoms with Gasteiger partial charge < -0.3 is 0 Å². The lowest BCUT2D eigenvalue weighted by molar-refractivity contribution is -0.322. The molecule has 0 unspecified atom stereocenters. The standard InChI is InChI=1S/C17H15F6N2OSi/c1-27(2,3)14-5-4-12-9-24(15(26)25(12)14)13-7-10(16(18,19)20)6-11(8-13)17(21,22)23/h4-9H,1-3H3/q+1. The summed E-state index contributed by atoms with van der Waals surface area (Å²) in [5.41, 5.74) is -2.98. The summed E-state index contributed by atoms with van der Waals surface area (Å²) in [6, 6.07) is 3.83. The highest BCUT2D eigenvalue weighted by Crippen LogP contribution is 2.38. The highest BCUT2D eigenvalue weighted by Gasteiger charge is 2.42. The van der Waals surface area contributed by atoms with Gasteiger partial charge in [-0.1, -0.05) is 19.6 Å². The number of fused-ring (bicyclic) bond motifs is 1. The maximum absolute atomic E-state index is 13.1. The third kappa shape index (κ3) is 3.45. The van der Waals surface area contributed by atoms with E-state index in [0.717, 1.165) is 9.89 Å². The van der Waals surface area contributed by atoms with Crippen LogP contribution in [0.4, 0.5) is 36.8 Å². The molecule has 0 N–H and O–H groups in total. The van der Waals surface area contributed by atoms with E-state index in [1.54, 1.807) is 12.1 Å². The highest BCUT2D eigenvalue weighted by molar-refractivity contribution is 6.88. The maximum atomic E-state index is 13.1. The lowest BCUT2D eigenvalue weighted by Gasteiger charge is -2.14. The van der Waals surface area contributed by atoms with Gasteiger partial charge in [0.1, 0.15) is 20.0 Å². The number of halogens is 6. The number of alkyl halides is 6. The number of hydrogen-bond donors (Lipinski definition) is 0. The molecule has 1 amide bonds. The second-order valence-electron chi connectivity index (χ2n) is 7.27. The Labute approximate surface area is 151 Å². The lowest BCUT2D eigenvalue weighted by atomic mass is 10.1. The van der Waals surface area contributed by atoms with Crippen molar-refractivity contribution in [3.8, 4) is 0 Å². The van der Waals surface area contributed by atoms with Crippen LogP contribution in [0.1, 0.15) is 16.8 Å². The zero-order valence-electron chi connectivity index (χ0n) is 14.5. The van der Waals surface area contributed by atoms with Crippen molar-refractivity contribution in [2.24, 2.45) is 0 Å². The number of benzene rings is 1. The van der Waals surface area contributed by atoms with Crippen LogP contribution in [0.2, 0.25) is 19.6 Å². The number of nitrogens with zero attached hydrogens (tertiary/aromatic N) is 2. The Balaban J connectivity index is 2.15. The number of amides is 1. The van der Waals surface area contributed by atoms with Crippen molar-refractivity contribution >= 4 is 31.3 Å². The minimum absolute atomic E-state index is 0.0395. The van der Waals surface area contributed by atoms with E-state index in [0.29, 0.717) is 17.8 Å². The van der Waals surface area contributed by atoms with Crippen LogP contribution >= 0.6 is 0 Å². The minimum atomic E-state index is -4.97. The molecule has 0 saturated heterocycles. The zero-order valence-corrected chi connectivity index (χ0v) is 15.5. The smallest absolute Gasteiger partial charge is 0.196 e. The highest BCUT2D eigenvalue weighted by atomic mass is 28.3. The van der Waals surface area contributed by atoms with Gasteiger partial charge in [0.25, 0.3) is 0 Å². The first-order valence-electron chi connectivity index (χ1n) is 7.90. The molecule has 0 spiro atoms. The molecule has 3 nitrogen and oxygen atoms in total. The molecule has 0 saturated carbocycles. The Kier molecular flexibility index (Phi) is 4.18. The fraction of sp³-hybridized carbons (Fsp3) is 0.294. The van der Waals surface area contributed by atoms with E-state index in [1.807, 2.05) is 19.6 Å². The summed E-state index contributed by atoms with van der Waals surface area (Å²) in [6.45, 7) is 5.95. The SMILES string of the molecule is C[Si](C)(C)c1ccc2n1C(=O)[N+](c1cc(C(F)(F)F)cc(C(F)(F)F)c1)=C2. The fourth-order valence-electron chi connectivity index (χ4n) is 2.91. The molecule has 0 fully saturated rings. The van der Waals surface area contributed by atoms with E-state index in [9.17, 15) is 31.1 Å². The first-order valence-corrected chi connectivity index (χ1v) is 11.4. The molecule has 1 aliphatic rings. The molecule has 0 atom stereocenters. The number of carbonyl (C=O) groups excluding carboxylic acids is 1. The molecule has 2 aromatic rings. The normalized spacial score (nSPS) is 15.1. The molecule has 2 heterocycles. The molecule has 0 aliphatic carbocycles. The van der Waals surface area contributed by atoms with E-state index in [2.05, 4.69) is 0 Å². The summed E-state index contributed by atoms with van der Waals surface area (Å²) >= 11 is 0. The number of aromatic nitrogens is 1. The largest absolute Gasteiger partial charge is 0.508 e. The first kappa shape index (κ1) is 19.4. The summed E-state index contributed by atoms with van der Waals surface area (Å²) in [6.07, 6.45) is -8.70. The Morgan fingerprint density at radius 1 is 0.889 bits per heavy atom. The third-order valence-electron chi connectivity index (χ3n) is 4.19. The lowest BCUT2D eigenvalue weighted by Crippen LogP contribution is -2.45. The molecule has 3 rings (SSSR count). The van der Waals surface area contributed by atoms with Crippen molar-refractivity contribution in [3.63, 3.8) is 0 Å². The molecule has 10 heteroatoms. The first-order chi connectivity index (χ1) is 12.2. The second kappa shape index (κ2) is 5.82. The van der Waals surface area contributed by atoms with Gasteiger partial charge in [0.15, 0.2) is 5.69 Å². The number of rotatable bonds is 2. The molecule has 0 bridgehead atoms. The quantitative estimate of drug-likeness (QED) is 0.400. The molecule has 1 aliphatic heterocycles. The van der Waals surface area contributed by atoms with Crippen LogP contribution in [0.3, 0.4) is 0 Å². The Bertz CT molecular complexity index is 931. The van der Waals surface area contributed by atoms with Gasteiger partial charge in [-0.25, -0.2) is 0 Å². The van der Waals surface area contributed by atoms with Crippen molar-refractivity contribution in [3.05, 3.63) is 47.2 Å². The topological polar surface area (TPSA) is 25.0 Å². The van der Waals surface area contributed by atoms with Crippen LogP contribution in [0.25, 0.3) is 0 Å². The zero-order chi connectivity index (χ0) is 20.4. The molecule has 1 aromatic heterocycles. The molecule has 0 radical (unpaired) electrons. The second-order valence-corrected chi connectivity index (χ2v) is 12.3. The van der Waals surface area contributed by atoms with Gasteiger partial charge in [-0.15, -0.1) is 0 Å². The summed E-state index contributed by atoms with van der Waals surface area (Å²) in [7, 11) is -1.96. The molecular weight excluding hydrogens is 390 g/mol.